The lowest BCUT2D eigenvalue weighted by molar-refractivity contribution is 0.0867. The number of pyridine rings is 2. The van der Waals surface area contributed by atoms with Gasteiger partial charge in [0.05, 0.1) is 35.5 Å². The molecule has 3 aromatic rings. The summed E-state index contributed by atoms with van der Waals surface area (Å²) < 4.78 is 5.89. The summed E-state index contributed by atoms with van der Waals surface area (Å²) >= 11 is 0. The minimum absolute atomic E-state index is 0.0619. The second-order valence-corrected chi connectivity index (χ2v) is 7.93. The number of aryl methyl sites for hydroxylation is 1. The Morgan fingerprint density at radius 2 is 2.11 bits per heavy atom. The van der Waals surface area contributed by atoms with E-state index in [0.717, 1.165) is 34.1 Å². The van der Waals surface area contributed by atoms with E-state index >= 15 is 0 Å². The Kier molecular flexibility index (Phi) is 4.32. The molecule has 0 spiro atoms. The van der Waals surface area contributed by atoms with Gasteiger partial charge in [0.1, 0.15) is 0 Å². The zero-order chi connectivity index (χ0) is 19.1. The highest BCUT2D eigenvalue weighted by atomic mass is 16.5. The normalized spacial score (nSPS) is 21.8. The van der Waals surface area contributed by atoms with E-state index in [2.05, 4.69) is 10.3 Å². The molecule has 2 aromatic heterocycles. The van der Waals surface area contributed by atoms with Crippen LogP contribution >= 0.6 is 0 Å². The molecule has 28 heavy (non-hydrogen) atoms. The van der Waals surface area contributed by atoms with Crippen LogP contribution in [0.5, 0.6) is 0 Å². The first kappa shape index (κ1) is 17.3. The molecule has 5 nitrogen and oxygen atoms in total. The summed E-state index contributed by atoms with van der Waals surface area (Å²) in [4.78, 5) is 22.1. The molecule has 1 aromatic carbocycles. The first-order valence-electron chi connectivity index (χ1n) is 9.91. The van der Waals surface area contributed by atoms with Crippen molar-refractivity contribution >= 4 is 16.8 Å². The quantitative estimate of drug-likeness (QED) is 0.753. The van der Waals surface area contributed by atoms with Gasteiger partial charge in [0.15, 0.2) is 0 Å². The van der Waals surface area contributed by atoms with Crippen LogP contribution in [0.15, 0.2) is 48.8 Å². The van der Waals surface area contributed by atoms with E-state index in [1.807, 2.05) is 43.3 Å². The Labute approximate surface area is 164 Å². The van der Waals surface area contributed by atoms with Crippen LogP contribution in [0.25, 0.3) is 22.2 Å². The van der Waals surface area contributed by atoms with Crippen LogP contribution in [0.2, 0.25) is 0 Å². The number of hydrogen-bond acceptors (Lipinski definition) is 4. The van der Waals surface area contributed by atoms with Crippen LogP contribution in [0.1, 0.15) is 35.2 Å². The van der Waals surface area contributed by atoms with Crippen molar-refractivity contribution in [3.05, 3.63) is 59.9 Å². The van der Waals surface area contributed by atoms with Crippen LogP contribution in [0, 0.1) is 12.8 Å². The Bertz CT molecular complexity index is 1030. The topological polar surface area (TPSA) is 64.1 Å². The SMILES string of the molecule is Cc1ccc2nc(-c3cccnc3)cc(C(=O)NC3COC(C4CC4)C3)c2c1. The number of carbonyl (C=O) groups excluding carboxylic acids is 1. The fourth-order valence-corrected chi connectivity index (χ4v) is 4.01. The van der Waals surface area contributed by atoms with Crippen LogP contribution in [0.3, 0.4) is 0 Å². The van der Waals surface area contributed by atoms with Crippen LogP contribution in [-0.4, -0.2) is 34.6 Å². The minimum atomic E-state index is -0.0619. The van der Waals surface area contributed by atoms with Gasteiger partial charge in [-0.2, -0.15) is 0 Å². The molecule has 1 aliphatic carbocycles. The van der Waals surface area contributed by atoms with E-state index in [1.165, 1.54) is 12.8 Å². The molecule has 0 radical (unpaired) electrons. The standard InChI is InChI=1S/C23H23N3O2/c1-14-4-7-20-18(9-14)19(11-21(26-20)16-3-2-8-24-12-16)23(27)25-17-10-22(28-13-17)15-5-6-15/h2-4,7-9,11-12,15,17,22H,5-6,10,13H2,1H3,(H,25,27). The maximum Gasteiger partial charge on any atom is 0.252 e. The fourth-order valence-electron chi connectivity index (χ4n) is 4.01. The lowest BCUT2D eigenvalue weighted by Gasteiger charge is -2.14. The van der Waals surface area contributed by atoms with Gasteiger partial charge >= 0.3 is 0 Å². The number of nitrogens with zero attached hydrogens (tertiary/aromatic N) is 2. The van der Waals surface area contributed by atoms with Crippen molar-refractivity contribution in [3.8, 4) is 11.3 Å². The molecule has 2 aliphatic rings. The number of carbonyl (C=O) groups is 1. The van der Waals surface area contributed by atoms with Crippen LogP contribution in [-0.2, 0) is 4.74 Å². The van der Waals surface area contributed by atoms with Crippen molar-refractivity contribution in [2.24, 2.45) is 5.92 Å². The largest absolute Gasteiger partial charge is 0.376 e. The third-order valence-electron chi connectivity index (χ3n) is 5.68. The summed E-state index contributed by atoms with van der Waals surface area (Å²) in [6.07, 6.45) is 7.25. The fraction of sp³-hybridized carbons (Fsp3) is 0.348. The van der Waals surface area contributed by atoms with Crippen molar-refractivity contribution < 1.29 is 9.53 Å². The highest BCUT2D eigenvalue weighted by Crippen LogP contribution is 2.38. The molecule has 1 aliphatic heterocycles. The first-order valence-corrected chi connectivity index (χ1v) is 9.91. The van der Waals surface area contributed by atoms with Gasteiger partial charge in [-0.05, 0) is 62.4 Å². The average molecular weight is 373 g/mol. The van der Waals surface area contributed by atoms with Gasteiger partial charge in [0, 0.05) is 23.3 Å². The zero-order valence-electron chi connectivity index (χ0n) is 15.9. The Morgan fingerprint density at radius 1 is 1.21 bits per heavy atom. The van der Waals surface area contributed by atoms with E-state index in [1.54, 1.807) is 12.4 Å². The van der Waals surface area contributed by atoms with E-state index < -0.39 is 0 Å². The smallest absolute Gasteiger partial charge is 0.252 e. The number of aromatic nitrogens is 2. The van der Waals surface area contributed by atoms with Crippen molar-refractivity contribution in [3.63, 3.8) is 0 Å². The third-order valence-corrected chi connectivity index (χ3v) is 5.68. The monoisotopic (exact) mass is 373 g/mol. The molecule has 1 amide bonds. The zero-order valence-corrected chi connectivity index (χ0v) is 15.9. The number of ether oxygens (including phenoxy) is 1. The van der Waals surface area contributed by atoms with Gasteiger partial charge in [-0.25, -0.2) is 4.98 Å². The maximum absolute atomic E-state index is 13.2. The number of benzene rings is 1. The molecule has 2 fully saturated rings. The molecule has 1 saturated carbocycles. The molecular weight excluding hydrogens is 350 g/mol. The molecule has 2 atom stereocenters. The lowest BCUT2D eigenvalue weighted by Crippen LogP contribution is -2.35. The molecule has 1 saturated heterocycles. The van der Waals surface area contributed by atoms with Crippen molar-refractivity contribution in [1.29, 1.82) is 0 Å². The van der Waals surface area contributed by atoms with E-state index in [9.17, 15) is 4.79 Å². The predicted octanol–water partition coefficient (Wildman–Crippen LogP) is 3.90. The number of amides is 1. The molecule has 3 heterocycles. The Balaban J connectivity index is 1.49. The lowest BCUT2D eigenvalue weighted by atomic mass is 10.0. The predicted molar refractivity (Wildman–Crippen MR) is 108 cm³/mol. The molecule has 5 heteroatoms. The Hall–Kier alpha value is -2.79. The Morgan fingerprint density at radius 3 is 2.89 bits per heavy atom. The molecule has 142 valence electrons. The van der Waals surface area contributed by atoms with E-state index in [0.29, 0.717) is 24.2 Å². The van der Waals surface area contributed by atoms with Gasteiger partial charge < -0.3 is 10.1 Å². The van der Waals surface area contributed by atoms with E-state index in [4.69, 9.17) is 9.72 Å². The average Bonchev–Trinajstić information content (AvgIpc) is 3.47. The molecule has 1 N–H and O–H groups in total. The van der Waals surface area contributed by atoms with Crippen molar-refractivity contribution in [2.75, 3.05) is 6.61 Å². The maximum atomic E-state index is 13.2. The number of nitrogens with one attached hydrogen (secondary N) is 1. The van der Waals surface area contributed by atoms with Gasteiger partial charge in [0.25, 0.3) is 5.91 Å². The second kappa shape index (κ2) is 6.99. The number of fused-ring (bicyclic) bond motifs is 1. The number of hydrogen-bond donors (Lipinski definition) is 1. The molecule has 5 rings (SSSR count). The first-order chi connectivity index (χ1) is 13.7. The summed E-state index contributed by atoms with van der Waals surface area (Å²) in [5.74, 6) is 0.636. The number of rotatable bonds is 4. The summed E-state index contributed by atoms with van der Waals surface area (Å²) in [6.45, 7) is 2.63. The molecular formula is C23H23N3O2. The second-order valence-electron chi connectivity index (χ2n) is 7.93. The summed E-state index contributed by atoms with van der Waals surface area (Å²) in [5, 5.41) is 4.07. The van der Waals surface area contributed by atoms with Gasteiger partial charge in [-0.15, -0.1) is 0 Å². The van der Waals surface area contributed by atoms with Crippen LogP contribution in [0.4, 0.5) is 0 Å². The third kappa shape index (κ3) is 3.38. The summed E-state index contributed by atoms with van der Waals surface area (Å²) in [6, 6.07) is 11.8. The molecule has 0 bridgehead atoms. The molecule has 2 unspecified atom stereocenters. The summed E-state index contributed by atoms with van der Waals surface area (Å²) in [7, 11) is 0. The van der Waals surface area contributed by atoms with Gasteiger partial charge in [-0.1, -0.05) is 11.6 Å². The van der Waals surface area contributed by atoms with Crippen molar-refractivity contribution in [1.82, 2.24) is 15.3 Å². The van der Waals surface area contributed by atoms with Crippen molar-refractivity contribution in [2.45, 2.75) is 38.3 Å². The minimum Gasteiger partial charge on any atom is -0.376 e. The highest BCUT2D eigenvalue weighted by Gasteiger charge is 2.38. The van der Waals surface area contributed by atoms with Crippen LogP contribution < -0.4 is 5.32 Å². The van der Waals surface area contributed by atoms with Gasteiger partial charge in [0.2, 0.25) is 0 Å². The highest BCUT2D eigenvalue weighted by molar-refractivity contribution is 6.07. The summed E-state index contributed by atoms with van der Waals surface area (Å²) in [5.41, 5.74) is 4.23. The van der Waals surface area contributed by atoms with E-state index in [-0.39, 0.29) is 11.9 Å². The van der Waals surface area contributed by atoms with Gasteiger partial charge in [-0.3, -0.25) is 9.78 Å².